The number of imide groups is 1. The minimum Gasteiger partial charge on any atom is -0.488 e. The molecule has 1 unspecified atom stereocenters. The van der Waals surface area contributed by atoms with E-state index < -0.39 is 44.0 Å². The van der Waals surface area contributed by atoms with E-state index in [1.54, 1.807) is 39.0 Å². The first-order valence-corrected chi connectivity index (χ1v) is 18.0. The topological polar surface area (TPSA) is 106 Å². The molecule has 2 saturated heterocycles. The molecule has 0 spiro atoms. The molecule has 1 aromatic rings. The van der Waals surface area contributed by atoms with Gasteiger partial charge in [0, 0.05) is 39.6 Å². The molecule has 4 rings (SSSR count). The summed E-state index contributed by atoms with van der Waals surface area (Å²) in [7, 11) is -1.32. The number of carbonyl (C=O) groups excluding carboxylic acids is 4. The highest BCUT2D eigenvalue weighted by atomic mass is 28.3. The minimum atomic E-state index is -1.32. The quantitative estimate of drug-likeness (QED) is 0.254. The van der Waals surface area contributed by atoms with E-state index >= 15 is 0 Å². The van der Waals surface area contributed by atoms with Gasteiger partial charge >= 0.3 is 6.09 Å². The molecule has 0 aromatic heterocycles. The van der Waals surface area contributed by atoms with Crippen molar-refractivity contribution in [1.82, 2.24) is 14.7 Å². The molecule has 0 saturated carbocycles. The molecule has 0 N–H and O–H groups in total. The Hall–Kier alpha value is -2.99. The third-order valence-electron chi connectivity index (χ3n) is 7.30. The highest BCUT2D eigenvalue weighted by Crippen LogP contribution is 2.32. The van der Waals surface area contributed by atoms with Gasteiger partial charge in [-0.3, -0.25) is 19.3 Å². The molecule has 0 radical (unpaired) electrons. The summed E-state index contributed by atoms with van der Waals surface area (Å²) in [5, 5.41) is 0. The van der Waals surface area contributed by atoms with E-state index in [9.17, 15) is 23.6 Å². The average Bonchev–Trinajstić information content (AvgIpc) is 3.16. The maximum atomic E-state index is 14.5. The van der Waals surface area contributed by atoms with Gasteiger partial charge in [-0.05, 0) is 57.0 Å². The summed E-state index contributed by atoms with van der Waals surface area (Å²) in [5.74, 6) is -0.552. The van der Waals surface area contributed by atoms with Crippen LogP contribution in [0.4, 0.5) is 9.18 Å². The van der Waals surface area contributed by atoms with Crippen LogP contribution in [-0.4, -0.2) is 96.9 Å². The minimum absolute atomic E-state index is 0.0548. The van der Waals surface area contributed by atoms with Crippen LogP contribution in [-0.2, 0) is 25.6 Å². The molecule has 3 atom stereocenters. The van der Waals surface area contributed by atoms with Crippen molar-refractivity contribution < 1.29 is 37.8 Å². The van der Waals surface area contributed by atoms with Gasteiger partial charge in [0.15, 0.2) is 0 Å². The van der Waals surface area contributed by atoms with Gasteiger partial charge in [0.2, 0.25) is 5.91 Å². The molecule has 3 heterocycles. The summed E-state index contributed by atoms with van der Waals surface area (Å²) in [4.78, 5) is 55.5. The van der Waals surface area contributed by atoms with Crippen LogP contribution >= 0.6 is 0 Å². The lowest BCUT2D eigenvalue weighted by molar-refractivity contribution is -0.158. The molecule has 10 nitrogen and oxygen atoms in total. The van der Waals surface area contributed by atoms with E-state index in [0.717, 1.165) is 10.9 Å². The first-order valence-electron chi connectivity index (χ1n) is 14.3. The van der Waals surface area contributed by atoms with Gasteiger partial charge in [0.25, 0.3) is 11.8 Å². The molecule has 1 aromatic carbocycles. The molecule has 4 amide bonds. The highest BCUT2D eigenvalue weighted by molar-refractivity contribution is 6.76. The SMILES string of the molecule is CC(C)(C)OC(=O)N1C[C@@H](F)C[C@@H](Oc2ccc3c(c2)CN(C2CCC(=O)N(COCC[Si](C)(C)C)C2=O)C3=O)C1. The molecule has 0 bridgehead atoms. The highest BCUT2D eigenvalue weighted by Gasteiger charge is 2.43. The largest absolute Gasteiger partial charge is 0.488 e. The normalized spacial score (nSPS) is 23.6. The fourth-order valence-electron chi connectivity index (χ4n) is 5.17. The fourth-order valence-corrected chi connectivity index (χ4v) is 5.93. The van der Waals surface area contributed by atoms with Gasteiger partial charge in [0.1, 0.15) is 36.4 Å². The van der Waals surface area contributed by atoms with Gasteiger partial charge in [-0.25, -0.2) is 9.18 Å². The number of ether oxygens (including phenoxy) is 3. The number of hydrogen-bond acceptors (Lipinski definition) is 7. The van der Waals surface area contributed by atoms with Gasteiger partial charge in [-0.1, -0.05) is 19.6 Å². The van der Waals surface area contributed by atoms with Crippen LogP contribution in [0.5, 0.6) is 5.75 Å². The summed E-state index contributed by atoms with van der Waals surface area (Å²) in [6.07, 6.45) is -1.89. The van der Waals surface area contributed by atoms with E-state index in [1.807, 2.05) is 0 Å². The van der Waals surface area contributed by atoms with Crippen LogP contribution in [0, 0.1) is 0 Å². The number of carbonyl (C=O) groups is 4. The zero-order valence-electron chi connectivity index (χ0n) is 24.9. The number of halogens is 1. The Morgan fingerprint density at radius 3 is 2.54 bits per heavy atom. The van der Waals surface area contributed by atoms with Crippen LogP contribution in [0.1, 0.15) is 56.0 Å². The van der Waals surface area contributed by atoms with Crippen molar-refractivity contribution >= 4 is 31.9 Å². The van der Waals surface area contributed by atoms with Crippen LogP contribution in [0.3, 0.4) is 0 Å². The van der Waals surface area contributed by atoms with E-state index in [0.29, 0.717) is 23.5 Å². The Morgan fingerprint density at radius 2 is 1.85 bits per heavy atom. The van der Waals surface area contributed by atoms with E-state index in [1.165, 1.54) is 9.80 Å². The number of fused-ring (bicyclic) bond motifs is 1. The maximum absolute atomic E-state index is 14.5. The molecule has 41 heavy (non-hydrogen) atoms. The fraction of sp³-hybridized carbons (Fsp3) is 0.655. The van der Waals surface area contributed by atoms with Gasteiger partial charge in [-0.15, -0.1) is 0 Å². The smallest absolute Gasteiger partial charge is 0.410 e. The number of hydrogen-bond donors (Lipinski definition) is 0. The molecular weight excluding hydrogens is 549 g/mol. The summed E-state index contributed by atoms with van der Waals surface area (Å²) in [6.45, 7) is 12.6. The summed E-state index contributed by atoms with van der Waals surface area (Å²) >= 11 is 0. The Kier molecular flexibility index (Phi) is 9.12. The van der Waals surface area contributed by atoms with Crippen molar-refractivity contribution in [2.45, 2.75) is 96.2 Å². The van der Waals surface area contributed by atoms with Crippen molar-refractivity contribution in [2.24, 2.45) is 0 Å². The number of alkyl halides is 1. The standard InChI is InChI=1S/C29H42FN3O7Si/c1-29(2,3)40-28(37)31-16-20(30)14-22(17-31)39-21-7-8-23-19(13-21)15-32(26(23)35)24-9-10-25(34)33(27(24)36)18-38-11-12-41(4,5)6/h7-8,13,20,22,24H,9-12,14-18H2,1-6H3/t20-,22+,24?/m0/s1. The van der Waals surface area contributed by atoms with Crippen molar-refractivity contribution in [3.8, 4) is 5.75 Å². The monoisotopic (exact) mass is 591 g/mol. The molecule has 0 aliphatic carbocycles. The van der Waals surface area contributed by atoms with Crippen molar-refractivity contribution in [3.63, 3.8) is 0 Å². The Bertz CT molecular complexity index is 1180. The molecule has 3 aliphatic rings. The van der Waals surface area contributed by atoms with Crippen LogP contribution in [0.15, 0.2) is 18.2 Å². The van der Waals surface area contributed by atoms with E-state index in [4.69, 9.17) is 14.2 Å². The number of rotatable bonds is 8. The third-order valence-corrected chi connectivity index (χ3v) is 9.01. The summed E-state index contributed by atoms with van der Waals surface area (Å²) < 4.78 is 31.6. The second-order valence-electron chi connectivity index (χ2n) is 13.3. The zero-order valence-corrected chi connectivity index (χ0v) is 25.9. The first kappa shape index (κ1) is 31.0. The molecular formula is C29H42FN3O7Si. The zero-order chi connectivity index (χ0) is 30.1. The second-order valence-corrected chi connectivity index (χ2v) is 18.9. The van der Waals surface area contributed by atoms with Gasteiger partial charge in [0.05, 0.1) is 13.1 Å². The van der Waals surface area contributed by atoms with Crippen molar-refractivity contribution in [1.29, 1.82) is 0 Å². The van der Waals surface area contributed by atoms with Crippen LogP contribution in [0.2, 0.25) is 25.7 Å². The summed E-state index contributed by atoms with van der Waals surface area (Å²) in [5.41, 5.74) is 0.453. The lowest BCUT2D eigenvalue weighted by Gasteiger charge is -2.35. The number of amides is 4. The Morgan fingerprint density at radius 1 is 1.12 bits per heavy atom. The van der Waals surface area contributed by atoms with E-state index in [-0.39, 0.29) is 57.4 Å². The lowest BCUT2D eigenvalue weighted by Crippen LogP contribution is -2.55. The number of piperidine rings is 2. The number of nitrogens with zero attached hydrogens (tertiary/aromatic N) is 3. The van der Waals surface area contributed by atoms with Crippen LogP contribution < -0.4 is 4.74 Å². The molecule has 2 fully saturated rings. The molecule has 12 heteroatoms. The Balaban J connectivity index is 1.39. The predicted molar refractivity (Wildman–Crippen MR) is 152 cm³/mol. The van der Waals surface area contributed by atoms with Crippen LogP contribution in [0.25, 0.3) is 0 Å². The molecule has 226 valence electrons. The lowest BCUT2D eigenvalue weighted by atomic mass is 10.0. The molecule has 3 aliphatic heterocycles. The van der Waals surface area contributed by atoms with Gasteiger partial charge in [-0.2, -0.15) is 0 Å². The van der Waals surface area contributed by atoms with E-state index in [2.05, 4.69) is 19.6 Å². The number of benzene rings is 1. The third kappa shape index (κ3) is 7.85. The number of likely N-dealkylation sites (tertiary alicyclic amines) is 2. The van der Waals surface area contributed by atoms with Crippen molar-refractivity contribution in [2.75, 3.05) is 26.4 Å². The second kappa shape index (κ2) is 12.1. The average molecular weight is 592 g/mol. The van der Waals surface area contributed by atoms with Crippen molar-refractivity contribution in [3.05, 3.63) is 29.3 Å². The van der Waals surface area contributed by atoms with Gasteiger partial charge < -0.3 is 24.0 Å². The first-order chi connectivity index (χ1) is 19.1. The Labute approximate surface area is 242 Å². The summed E-state index contributed by atoms with van der Waals surface area (Å²) in [6, 6.07) is 5.17. The predicted octanol–water partition coefficient (Wildman–Crippen LogP) is 4.20. The maximum Gasteiger partial charge on any atom is 0.410 e.